The minimum atomic E-state index is -3.79. The predicted molar refractivity (Wildman–Crippen MR) is 142 cm³/mol. The second-order valence-electron chi connectivity index (χ2n) is 8.53. The zero-order valence-electron chi connectivity index (χ0n) is 20.8. The van der Waals surface area contributed by atoms with Crippen LogP contribution in [0.2, 0.25) is 10.0 Å². The Labute approximate surface area is 218 Å². The van der Waals surface area contributed by atoms with Gasteiger partial charge in [0.05, 0.1) is 11.9 Å². The zero-order chi connectivity index (χ0) is 26.3. The molecule has 0 bridgehead atoms. The van der Waals surface area contributed by atoms with Crippen LogP contribution < -0.4 is 9.62 Å². The average Bonchev–Trinajstić information content (AvgIpc) is 2.77. The van der Waals surface area contributed by atoms with Crippen LogP contribution in [-0.4, -0.2) is 50.5 Å². The molecule has 0 heterocycles. The lowest BCUT2D eigenvalue weighted by molar-refractivity contribution is -0.140. The zero-order valence-corrected chi connectivity index (χ0v) is 23.1. The smallest absolute Gasteiger partial charge is 0.244 e. The lowest BCUT2D eigenvalue weighted by atomic mass is 10.1. The van der Waals surface area contributed by atoms with E-state index in [9.17, 15) is 18.0 Å². The maximum absolute atomic E-state index is 13.7. The van der Waals surface area contributed by atoms with Gasteiger partial charge in [0.2, 0.25) is 21.8 Å². The third-order valence-corrected chi connectivity index (χ3v) is 7.30. The number of amides is 2. The van der Waals surface area contributed by atoms with E-state index in [4.69, 9.17) is 23.2 Å². The van der Waals surface area contributed by atoms with Gasteiger partial charge in [-0.05, 0) is 56.0 Å². The van der Waals surface area contributed by atoms with Crippen molar-refractivity contribution < 1.29 is 18.0 Å². The topological polar surface area (TPSA) is 86.8 Å². The lowest BCUT2D eigenvalue weighted by Gasteiger charge is -2.33. The summed E-state index contributed by atoms with van der Waals surface area (Å²) in [6, 6.07) is 9.45. The van der Waals surface area contributed by atoms with Crippen molar-refractivity contribution in [3.8, 4) is 0 Å². The monoisotopic (exact) mass is 541 g/mol. The van der Waals surface area contributed by atoms with Gasteiger partial charge in [-0.15, -0.1) is 0 Å². The van der Waals surface area contributed by atoms with Gasteiger partial charge in [-0.3, -0.25) is 13.9 Å². The van der Waals surface area contributed by atoms with E-state index in [2.05, 4.69) is 5.32 Å². The molecule has 2 aromatic rings. The summed E-state index contributed by atoms with van der Waals surface area (Å²) in [6.07, 6.45) is 2.15. The van der Waals surface area contributed by atoms with E-state index in [0.717, 1.165) is 28.1 Å². The molecule has 0 aliphatic heterocycles. The number of hydrogen-bond acceptors (Lipinski definition) is 4. The van der Waals surface area contributed by atoms with Crippen molar-refractivity contribution in [3.05, 3.63) is 63.1 Å². The molecule has 7 nitrogen and oxygen atoms in total. The van der Waals surface area contributed by atoms with Gasteiger partial charge in [-0.1, -0.05) is 60.8 Å². The van der Waals surface area contributed by atoms with Crippen LogP contribution in [-0.2, 0) is 26.2 Å². The number of rotatable bonds is 11. The fourth-order valence-electron chi connectivity index (χ4n) is 3.80. The van der Waals surface area contributed by atoms with Crippen LogP contribution in [0.3, 0.4) is 0 Å². The summed E-state index contributed by atoms with van der Waals surface area (Å²) in [5.74, 6) is -0.815. The maximum Gasteiger partial charge on any atom is 0.244 e. The van der Waals surface area contributed by atoms with Crippen molar-refractivity contribution >= 4 is 50.7 Å². The largest absolute Gasteiger partial charge is 0.354 e. The van der Waals surface area contributed by atoms with Crippen LogP contribution >= 0.6 is 23.2 Å². The van der Waals surface area contributed by atoms with Crippen molar-refractivity contribution in [1.82, 2.24) is 10.2 Å². The van der Waals surface area contributed by atoms with Crippen LogP contribution in [0.5, 0.6) is 0 Å². The van der Waals surface area contributed by atoms with E-state index in [1.54, 1.807) is 44.2 Å². The van der Waals surface area contributed by atoms with E-state index < -0.39 is 28.5 Å². The molecule has 0 fully saturated rings. The molecule has 1 atom stereocenters. The van der Waals surface area contributed by atoms with E-state index in [1.165, 1.54) is 4.90 Å². The van der Waals surface area contributed by atoms with Crippen molar-refractivity contribution in [2.75, 3.05) is 23.7 Å². The Morgan fingerprint density at radius 2 is 1.74 bits per heavy atom. The molecule has 0 aromatic heterocycles. The molecule has 0 saturated heterocycles. The molecule has 0 aliphatic carbocycles. The molecular weight excluding hydrogens is 509 g/mol. The normalized spacial score (nSPS) is 12.2. The second kappa shape index (κ2) is 12.6. The summed E-state index contributed by atoms with van der Waals surface area (Å²) < 4.78 is 26.5. The average molecular weight is 543 g/mol. The first-order chi connectivity index (χ1) is 16.4. The highest BCUT2D eigenvalue weighted by Crippen LogP contribution is 2.26. The second-order valence-corrected chi connectivity index (χ2v) is 11.3. The molecular formula is C25H33Cl2N3O4S. The standard InChI is InChI=1S/C25H33Cl2N3O4S/c1-6-12-28-25(32)22(7-2)29(15-19-9-10-20(26)14-21(19)27)24(31)16-30(35(5,33)34)23-11-8-17(3)13-18(23)4/h8-11,13-14,22H,6-7,12,15-16H2,1-5H3,(H,28,32)/t22-/m1/s1. The number of carbonyl (C=O) groups is 2. The van der Waals surface area contributed by atoms with Crippen LogP contribution in [0.25, 0.3) is 0 Å². The third kappa shape index (κ3) is 7.85. The number of anilines is 1. The predicted octanol–water partition coefficient (Wildman–Crippen LogP) is 4.71. The highest BCUT2D eigenvalue weighted by atomic mass is 35.5. The summed E-state index contributed by atoms with van der Waals surface area (Å²) in [5, 5.41) is 3.64. The van der Waals surface area contributed by atoms with E-state index in [0.29, 0.717) is 34.3 Å². The lowest BCUT2D eigenvalue weighted by Crippen LogP contribution is -2.52. The van der Waals surface area contributed by atoms with Crippen LogP contribution in [0.4, 0.5) is 5.69 Å². The maximum atomic E-state index is 13.7. The molecule has 2 amide bonds. The molecule has 35 heavy (non-hydrogen) atoms. The van der Waals surface area contributed by atoms with Gasteiger partial charge in [-0.2, -0.15) is 0 Å². The molecule has 0 unspecified atom stereocenters. The van der Waals surface area contributed by atoms with Gasteiger partial charge in [0, 0.05) is 23.1 Å². The van der Waals surface area contributed by atoms with E-state index in [1.807, 2.05) is 19.9 Å². The van der Waals surface area contributed by atoms with Crippen LogP contribution in [0.15, 0.2) is 36.4 Å². The van der Waals surface area contributed by atoms with Gasteiger partial charge in [0.15, 0.2) is 0 Å². The van der Waals surface area contributed by atoms with Gasteiger partial charge in [0.1, 0.15) is 12.6 Å². The SMILES string of the molecule is CCCNC(=O)[C@@H](CC)N(Cc1ccc(Cl)cc1Cl)C(=O)CN(c1ccc(C)cc1C)S(C)(=O)=O. The Morgan fingerprint density at radius 3 is 2.29 bits per heavy atom. The molecule has 10 heteroatoms. The number of aryl methyl sites for hydroxylation is 2. The molecule has 192 valence electrons. The summed E-state index contributed by atoms with van der Waals surface area (Å²) >= 11 is 12.4. The number of nitrogens with one attached hydrogen (secondary N) is 1. The number of nitrogens with zero attached hydrogens (tertiary/aromatic N) is 2. The van der Waals surface area contributed by atoms with Crippen molar-refractivity contribution in [2.45, 2.75) is 53.1 Å². The minimum Gasteiger partial charge on any atom is -0.354 e. The third-order valence-electron chi connectivity index (χ3n) is 5.59. The Morgan fingerprint density at radius 1 is 1.06 bits per heavy atom. The first kappa shape index (κ1) is 28.9. The fourth-order valence-corrected chi connectivity index (χ4v) is 5.17. The number of carbonyl (C=O) groups excluding carboxylic acids is 2. The van der Waals surface area contributed by atoms with Gasteiger partial charge < -0.3 is 10.2 Å². The Kier molecular flexibility index (Phi) is 10.4. The van der Waals surface area contributed by atoms with Gasteiger partial charge in [0.25, 0.3) is 0 Å². The quantitative estimate of drug-likeness (QED) is 0.446. The first-order valence-electron chi connectivity index (χ1n) is 11.4. The van der Waals surface area contributed by atoms with E-state index >= 15 is 0 Å². The molecule has 0 spiro atoms. The summed E-state index contributed by atoms with van der Waals surface area (Å²) in [7, 11) is -3.79. The summed E-state index contributed by atoms with van der Waals surface area (Å²) in [5.41, 5.74) is 2.72. The molecule has 0 saturated carbocycles. The van der Waals surface area contributed by atoms with Crippen molar-refractivity contribution in [2.24, 2.45) is 0 Å². The molecule has 0 aliphatic rings. The summed E-state index contributed by atoms with van der Waals surface area (Å²) in [4.78, 5) is 28.0. The molecule has 2 rings (SSSR count). The Hall–Kier alpha value is -2.29. The van der Waals surface area contributed by atoms with Gasteiger partial charge >= 0.3 is 0 Å². The Bertz CT molecular complexity index is 1170. The fraction of sp³-hybridized carbons (Fsp3) is 0.440. The number of hydrogen-bond donors (Lipinski definition) is 1. The summed E-state index contributed by atoms with van der Waals surface area (Å²) in [6.45, 7) is 7.48. The highest BCUT2D eigenvalue weighted by molar-refractivity contribution is 7.92. The first-order valence-corrected chi connectivity index (χ1v) is 14.1. The highest BCUT2D eigenvalue weighted by Gasteiger charge is 2.32. The van der Waals surface area contributed by atoms with Crippen LogP contribution in [0, 0.1) is 13.8 Å². The minimum absolute atomic E-state index is 0.0252. The molecule has 1 N–H and O–H groups in total. The van der Waals surface area contributed by atoms with E-state index in [-0.39, 0.29) is 12.5 Å². The Balaban J connectivity index is 2.49. The number of sulfonamides is 1. The van der Waals surface area contributed by atoms with Crippen molar-refractivity contribution in [1.29, 1.82) is 0 Å². The van der Waals surface area contributed by atoms with Crippen molar-refractivity contribution in [3.63, 3.8) is 0 Å². The number of benzene rings is 2. The van der Waals surface area contributed by atoms with Crippen LogP contribution in [0.1, 0.15) is 43.4 Å². The number of halogens is 2. The van der Waals surface area contributed by atoms with Gasteiger partial charge in [-0.25, -0.2) is 8.42 Å². The molecule has 0 radical (unpaired) electrons. The molecule has 2 aromatic carbocycles.